The molecule has 0 aromatic heterocycles. The third-order valence-corrected chi connectivity index (χ3v) is 16.6. The van der Waals surface area contributed by atoms with Crippen molar-refractivity contribution in [2.24, 2.45) is 44.8 Å². The van der Waals surface area contributed by atoms with Crippen LogP contribution in [-0.2, 0) is 23.9 Å². The van der Waals surface area contributed by atoms with Crippen LogP contribution >= 0.6 is 0 Å². The Kier molecular flexibility index (Phi) is 9.22. The Morgan fingerprint density at radius 2 is 1.55 bits per heavy atom. The molecule has 0 heterocycles. The Balaban J connectivity index is 1.40. The lowest BCUT2D eigenvalue weighted by molar-refractivity contribution is -0.326. The van der Waals surface area contributed by atoms with Crippen LogP contribution in [-0.4, -0.2) is 87.0 Å². The summed E-state index contributed by atoms with van der Waals surface area (Å²) in [5, 5.41) is 13.3. The summed E-state index contributed by atoms with van der Waals surface area (Å²) in [6.45, 7) is 8.60. The van der Waals surface area contributed by atoms with E-state index >= 15 is 4.39 Å². The molecule has 6 rings (SSSR count). The first-order valence-corrected chi connectivity index (χ1v) is 19.5. The van der Waals surface area contributed by atoms with Crippen LogP contribution in [0.25, 0.3) is 0 Å². The molecule has 0 saturated heterocycles. The largest absolute Gasteiger partial charge is 0.441 e. The maximum Gasteiger partial charge on any atom is 0.441 e. The fourth-order valence-corrected chi connectivity index (χ4v) is 13.3. The minimum atomic E-state index is -6.64. The topological polar surface area (TPSA) is 113 Å². The number of nitrogens with one attached hydrogen (secondary N) is 1. The number of halogens is 7. The second-order valence-electron chi connectivity index (χ2n) is 17.7. The Bertz CT molecular complexity index is 1760. The van der Waals surface area contributed by atoms with Crippen molar-refractivity contribution >= 4 is 21.8 Å². The summed E-state index contributed by atoms with van der Waals surface area (Å²) in [5.41, 5.74) is -10.0. The van der Waals surface area contributed by atoms with Crippen molar-refractivity contribution < 1.29 is 58.0 Å². The smallest absolute Gasteiger partial charge is 0.393 e. The average Bonchev–Trinajstić information content (AvgIpc) is 3.68. The fraction of sp³-hybridized carbons (Fsp3) is 0.784. The summed E-state index contributed by atoms with van der Waals surface area (Å²) in [6, 6.07) is 3.99. The molecule has 8 nitrogen and oxygen atoms in total. The van der Waals surface area contributed by atoms with Crippen LogP contribution in [0.3, 0.4) is 0 Å². The number of aliphatic hydroxyl groups excluding tert-OH is 1. The van der Waals surface area contributed by atoms with Gasteiger partial charge < -0.3 is 15.3 Å². The number of amides is 1. The lowest BCUT2D eigenvalue weighted by Crippen LogP contribution is -2.68. The third kappa shape index (κ3) is 5.33. The highest BCUT2D eigenvalue weighted by molar-refractivity contribution is 7.86. The number of hydrogen-bond donors (Lipinski definition) is 2. The van der Waals surface area contributed by atoms with E-state index in [0.29, 0.717) is 19.3 Å². The first-order valence-electron chi connectivity index (χ1n) is 18.1. The number of fused-ring (bicyclic) bond motifs is 2. The summed E-state index contributed by atoms with van der Waals surface area (Å²) >= 11 is 0. The molecule has 1 aromatic rings. The Morgan fingerprint density at radius 3 is 2.09 bits per heavy atom. The quantitative estimate of drug-likeness (QED) is 0.228. The minimum absolute atomic E-state index is 0.0211. The van der Waals surface area contributed by atoms with E-state index in [-0.39, 0.29) is 54.2 Å². The predicted molar refractivity (Wildman–Crippen MR) is 178 cm³/mol. The van der Waals surface area contributed by atoms with Crippen LogP contribution in [0.4, 0.5) is 30.7 Å². The lowest BCUT2D eigenvalue weighted by atomic mass is 9.41. The molecule has 0 bridgehead atoms. The molecule has 0 unspecified atom stereocenters. The number of hydrogen-bond acceptors (Lipinski definition) is 7. The molecule has 5 aliphatic rings. The zero-order valence-electron chi connectivity index (χ0n) is 30.9. The Morgan fingerprint density at radius 1 is 0.981 bits per heavy atom. The van der Waals surface area contributed by atoms with Crippen molar-refractivity contribution in [1.29, 1.82) is 0 Å². The molecule has 16 heteroatoms. The van der Waals surface area contributed by atoms with Crippen LogP contribution in [0.5, 0.6) is 0 Å². The van der Waals surface area contributed by atoms with E-state index in [4.69, 9.17) is 4.18 Å². The summed E-state index contributed by atoms with van der Waals surface area (Å²) in [7, 11) is -0.692. The summed E-state index contributed by atoms with van der Waals surface area (Å²) < 4.78 is 130. The molecule has 0 radical (unpaired) electrons. The van der Waals surface area contributed by atoms with E-state index in [1.807, 2.05) is 25.9 Å². The highest BCUT2D eigenvalue weighted by atomic mass is 32.2. The molecule has 5 fully saturated rings. The van der Waals surface area contributed by atoms with E-state index in [1.165, 1.54) is 31.2 Å². The van der Waals surface area contributed by atoms with Gasteiger partial charge in [0, 0.05) is 35.3 Å². The van der Waals surface area contributed by atoms with Gasteiger partial charge in [0.2, 0.25) is 0 Å². The van der Waals surface area contributed by atoms with Crippen molar-refractivity contribution in [3.05, 3.63) is 29.8 Å². The molecule has 2 N–H and O–H groups in total. The summed E-state index contributed by atoms with van der Waals surface area (Å²) in [6.07, 6.45) is -12.5. The number of aliphatic hydroxyl groups is 1. The number of benzene rings is 1. The van der Waals surface area contributed by atoms with Gasteiger partial charge in [-0.25, -0.2) is 4.39 Å². The summed E-state index contributed by atoms with van der Waals surface area (Å²) in [4.78, 5) is 29.4. The van der Waals surface area contributed by atoms with Gasteiger partial charge in [0.25, 0.3) is 16.0 Å². The van der Waals surface area contributed by atoms with Gasteiger partial charge in [-0.05, 0) is 107 Å². The molecule has 1 aromatic carbocycles. The maximum atomic E-state index is 15.0. The van der Waals surface area contributed by atoms with E-state index < -0.39 is 85.8 Å². The van der Waals surface area contributed by atoms with Gasteiger partial charge >= 0.3 is 18.0 Å². The van der Waals surface area contributed by atoms with E-state index in [1.54, 1.807) is 12.2 Å². The number of aryl methyl sites for hydroxylation is 1. The molecule has 11 atom stereocenters. The van der Waals surface area contributed by atoms with Gasteiger partial charge in [-0.3, -0.25) is 13.8 Å². The monoisotopic (exact) mass is 782 g/mol. The van der Waals surface area contributed by atoms with Crippen LogP contribution < -0.4 is 5.32 Å². The Hall–Kier alpha value is -2.30. The number of nitrogens with zero attached hydrogens (tertiary/aromatic N) is 1. The van der Waals surface area contributed by atoms with Gasteiger partial charge in [0.05, 0.1) is 17.6 Å². The molecule has 53 heavy (non-hydrogen) atoms. The Labute approximate surface area is 305 Å². The fourth-order valence-electron chi connectivity index (χ4n) is 12.3. The van der Waals surface area contributed by atoms with Gasteiger partial charge in [-0.15, -0.1) is 0 Å². The van der Waals surface area contributed by atoms with E-state index in [0.717, 1.165) is 5.56 Å². The first-order chi connectivity index (χ1) is 24.1. The lowest BCUT2D eigenvalue weighted by Gasteiger charge is -2.63. The standard InChI is InChI=1S/C37H49F7N2O6S/c1-20-8-10-22(11-9-20)53(50,51)52-19-30(3)24-12-13-25-31(4)16-23(47)28(21(2)46(6)7)32(31,5)17-27(48)34(25)18-33(24,34)15-14-26(30)45-29(49)35(38,36(39,40)41)37(42,43)44/h8-11,21,23-26,28,47H,12-19H2,1-7H3,(H,45,49)/t21-,23+,24-,25-,26-,28-,30-,31-,32+,33+,34+/m0/s1. The highest BCUT2D eigenvalue weighted by Gasteiger charge is 2.87. The molecule has 1 amide bonds. The molecule has 0 aliphatic heterocycles. The molecular formula is C37H49F7N2O6S. The number of alkyl halides is 7. The molecule has 5 aliphatic carbocycles. The van der Waals surface area contributed by atoms with E-state index in [2.05, 4.69) is 13.8 Å². The highest BCUT2D eigenvalue weighted by Crippen LogP contribution is 2.88. The molecule has 2 spiro atoms. The van der Waals surface area contributed by atoms with Crippen molar-refractivity contribution in [2.75, 3.05) is 20.7 Å². The molecular weight excluding hydrogens is 733 g/mol. The second-order valence-corrected chi connectivity index (χ2v) is 19.3. The van der Waals surface area contributed by atoms with Gasteiger partial charge in [-0.2, -0.15) is 34.8 Å². The number of carbonyl (C=O) groups excluding carboxylic acids is 2. The summed E-state index contributed by atoms with van der Waals surface area (Å²) in [5.74, 6) is -4.11. The SMILES string of the molecule is Cc1ccc(S(=O)(=O)OC[C@]2(C)[C@@H](NC(=O)C(F)(C(F)(F)F)C(F)(F)F)CC[C@]34C[C@@]35C(=O)C[C@]3(C)[C@@H]([C@H](C)N(C)C)[C@H](O)C[C@@]3(C)[C@@H]5CC[C@@H]24)cc1. The first kappa shape index (κ1) is 40.4. The van der Waals surface area contributed by atoms with Crippen LogP contribution in [0.15, 0.2) is 29.2 Å². The second kappa shape index (κ2) is 12.1. The number of carbonyl (C=O) groups is 2. The zero-order valence-corrected chi connectivity index (χ0v) is 31.7. The van der Waals surface area contributed by atoms with Crippen molar-refractivity contribution in [3.8, 4) is 0 Å². The van der Waals surface area contributed by atoms with Crippen molar-refractivity contribution in [2.45, 2.75) is 121 Å². The van der Waals surface area contributed by atoms with Crippen molar-refractivity contribution in [3.63, 3.8) is 0 Å². The number of ketones is 1. The van der Waals surface area contributed by atoms with Crippen LogP contribution in [0.2, 0.25) is 0 Å². The van der Waals surface area contributed by atoms with Crippen molar-refractivity contribution in [1.82, 2.24) is 10.2 Å². The van der Waals surface area contributed by atoms with Crippen LogP contribution in [0, 0.1) is 51.8 Å². The average molecular weight is 783 g/mol. The predicted octanol–water partition coefficient (Wildman–Crippen LogP) is 6.54. The molecule has 5 saturated carbocycles. The maximum absolute atomic E-state index is 15.0. The number of Topliss-reactive ketones (excluding diaryl/α,β-unsaturated/α-hetero) is 1. The van der Waals surface area contributed by atoms with Gasteiger partial charge in [-0.1, -0.05) is 38.5 Å². The van der Waals surface area contributed by atoms with Crippen LogP contribution in [0.1, 0.15) is 78.2 Å². The normalized spacial score (nSPS) is 40.5. The zero-order chi connectivity index (χ0) is 39.8. The minimum Gasteiger partial charge on any atom is -0.393 e. The van der Waals surface area contributed by atoms with Gasteiger partial charge in [0.1, 0.15) is 5.78 Å². The van der Waals surface area contributed by atoms with E-state index in [9.17, 15) is 49.5 Å². The van der Waals surface area contributed by atoms with Gasteiger partial charge in [0.15, 0.2) is 0 Å². The number of rotatable bonds is 8. The third-order valence-electron chi connectivity index (χ3n) is 15.3. The molecule has 298 valence electrons.